The monoisotopic (exact) mass is 460 g/mol. The van der Waals surface area contributed by atoms with Gasteiger partial charge in [0.05, 0.1) is 12.6 Å². The molecule has 1 aromatic carbocycles. The summed E-state index contributed by atoms with van der Waals surface area (Å²) in [7, 11) is 0. The molecule has 3 N–H and O–H groups in total. The number of hydrogen-bond acceptors (Lipinski definition) is 3. The summed E-state index contributed by atoms with van der Waals surface area (Å²) in [5.41, 5.74) is 2.11. The minimum atomic E-state index is -0.567. The van der Waals surface area contributed by atoms with Gasteiger partial charge in [0.2, 0.25) is 0 Å². The van der Waals surface area contributed by atoms with Crippen LogP contribution in [0.25, 0.3) is 0 Å². The summed E-state index contributed by atoms with van der Waals surface area (Å²) < 4.78 is 0. The fourth-order valence-corrected chi connectivity index (χ4v) is 2.93. The number of nitrogens with zero attached hydrogens (tertiary/aromatic N) is 2. The second kappa shape index (κ2) is 12.5. The van der Waals surface area contributed by atoms with Gasteiger partial charge in [-0.3, -0.25) is 4.99 Å². The third-order valence-corrected chi connectivity index (χ3v) is 4.40. The number of rotatable bonds is 7. The zero-order chi connectivity index (χ0) is 17.2. The number of aliphatic imine (C=N–C) groups is 1. The van der Waals surface area contributed by atoms with Crippen LogP contribution in [0.5, 0.6) is 0 Å². The van der Waals surface area contributed by atoms with E-state index in [2.05, 4.69) is 27.4 Å². The molecule has 0 aliphatic carbocycles. The van der Waals surface area contributed by atoms with Gasteiger partial charge in [-0.2, -0.15) is 0 Å². The van der Waals surface area contributed by atoms with Crippen molar-refractivity contribution in [3.8, 4) is 0 Å². The topological polar surface area (TPSA) is 59.9 Å². The van der Waals surface area contributed by atoms with Gasteiger partial charge in [-0.15, -0.1) is 24.0 Å². The molecule has 1 fully saturated rings. The summed E-state index contributed by atoms with van der Waals surface area (Å²) in [6.07, 6.45) is 3.43. The fraction of sp³-hybridized carbons (Fsp3) is 0.632. The smallest absolute Gasteiger partial charge is 0.191 e. The molecule has 6 heteroatoms. The Morgan fingerprint density at radius 1 is 1.16 bits per heavy atom. The van der Waals surface area contributed by atoms with Crippen LogP contribution < -0.4 is 10.6 Å². The van der Waals surface area contributed by atoms with Crippen molar-refractivity contribution < 1.29 is 5.11 Å². The lowest BCUT2D eigenvalue weighted by molar-refractivity contribution is 0.187. The molecule has 1 atom stereocenters. The highest BCUT2D eigenvalue weighted by atomic mass is 127. The maximum atomic E-state index is 10.3. The molecule has 1 unspecified atom stereocenters. The Kier molecular flexibility index (Phi) is 11.1. The lowest BCUT2D eigenvalue weighted by Crippen LogP contribution is -2.42. The number of halogens is 1. The highest BCUT2D eigenvalue weighted by molar-refractivity contribution is 14.0. The first-order chi connectivity index (χ1) is 11.7. The first-order valence-electron chi connectivity index (χ1n) is 9.18. The Labute approximate surface area is 169 Å². The number of hydrogen-bond donors (Lipinski definition) is 3. The van der Waals surface area contributed by atoms with Crippen molar-refractivity contribution in [1.82, 2.24) is 15.5 Å². The number of nitrogens with one attached hydrogen (secondary N) is 2. The number of aryl methyl sites for hydroxylation is 1. The van der Waals surface area contributed by atoms with Gasteiger partial charge in [0.25, 0.3) is 0 Å². The van der Waals surface area contributed by atoms with Gasteiger partial charge in [0.1, 0.15) is 0 Å². The molecule has 0 amide bonds. The molecular weight excluding hydrogens is 427 g/mol. The SMILES string of the molecule is CCNC(=NCC(O)c1ccc(C)cc1)NCCN1CCCCC1.I. The molecule has 1 aliphatic heterocycles. The number of likely N-dealkylation sites (tertiary alicyclic amines) is 1. The average Bonchev–Trinajstić information content (AvgIpc) is 2.61. The molecule has 1 saturated heterocycles. The molecule has 1 aliphatic rings. The average molecular weight is 460 g/mol. The summed E-state index contributed by atoms with van der Waals surface area (Å²) in [5, 5.41) is 16.9. The molecule has 0 spiro atoms. The summed E-state index contributed by atoms with van der Waals surface area (Å²) in [4.78, 5) is 7.02. The van der Waals surface area contributed by atoms with Crippen LogP contribution in [0.4, 0.5) is 0 Å². The van der Waals surface area contributed by atoms with Gasteiger partial charge >= 0.3 is 0 Å². The highest BCUT2D eigenvalue weighted by Gasteiger charge is 2.10. The van der Waals surface area contributed by atoms with Crippen molar-refractivity contribution in [2.75, 3.05) is 39.3 Å². The fourth-order valence-electron chi connectivity index (χ4n) is 2.93. The maximum absolute atomic E-state index is 10.3. The second-order valence-corrected chi connectivity index (χ2v) is 6.48. The van der Waals surface area contributed by atoms with E-state index in [0.29, 0.717) is 6.54 Å². The lowest BCUT2D eigenvalue weighted by Gasteiger charge is -2.26. The summed E-state index contributed by atoms with van der Waals surface area (Å²) in [5.74, 6) is 0.778. The minimum absolute atomic E-state index is 0. The van der Waals surface area contributed by atoms with Crippen LogP contribution in [0.1, 0.15) is 43.4 Å². The van der Waals surface area contributed by atoms with Crippen LogP contribution in [0.2, 0.25) is 0 Å². The van der Waals surface area contributed by atoms with Gasteiger partial charge in [-0.1, -0.05) is 36.2 Å². The van der Waals surface area contributed by atoms with E-state index in [1.807, 2.05) is 31.2 Å². The quantitative estimate of drug-likeness (QED) is 0.333. The lowest BCUT2D eigenvalue weighted by atomic mass is 10.1. The van der Waals surface area contributed by atoms with Crippen molar-refractivity contribution in [2.24, 2.45) is 4.99 Å². The third kappa shape index (κ3) is 8.37. The van der Waals surface area contributed by atoms with Crippen molar-refractivity contribution in [1.29, 1.82) is 0 Å². The number of piperidine rings is 1. The van der Waals surface area contributed by atoms with Crippen molar-refractivity contribution in [3.63, 3.8) is 0 Å². The Bertz CT molecular complexity index is 501. The minimum Gasteiger partial charge on any atom is -0.386 e. The molecule has 1 heterocycles. The first-order valence-corrected chi connectivity index (χ1v) is 9.18. The molecule has 0 saturated carbocycles. The van der Waals surface area contributed by atoms with E-state index in [0.717, 1.165) is 31.2 Å². The second-order valence-electron chi connectivity index (χ2n) is 6.48. The first kappa shape index (κ1) is 22.2. The molecule has 0 aromatic heterocycles. The van der Waals surface area contributed by atoms with E-state index < -0.39 is 6.10 Å². The normalized spacial score (nSPS) is 16.8. The Morgan fingerprint density at radius 3 is 2.48 bits per heavy atom. The Hall–Kier alpha value is -0.860. The molecule has 142 valence electrons. The zero-order valence-corrected chi connectivity index (χ0v) is 17.8. The van der Waals surface area contributed by atoms with Crippen LogP contribution in [0.15, 0.2) is 29.3 Å². The van der Waals surface area contributed by atoms with E-state index in [1.54, 1.807) is 0 Å². The third-order valence-electron chi connectivity index (χ3n) is 4.40. The van der Waals surface area contributed by atoms with Crippen LogP contribution in [0.3, 0.4) is 0 Å². The predicted molar refractivity (Wildman–Crippen MR) is 116 cm³/mol. The molecule has 1 aromatic rings. The van der Waals surface area contributed by atoms with Gasteiger partial charge in [-0.25, -0.2) is 0 Å². The Balaban J connectivity index is 0.00000312. The van der Waals surface area contributed by atoms with Crippen LogP contribution in [0, 0.1) is 6.92 Å². The molecule has 0 radical (unpaired) electrons. The summed E-state index contributed by atoms with van der Waals surface area (Å²) in [6.45, 7) is 9.63. The van der Waals surface area contributed by atoms with E-state index in [1.165, 1.54) is 37.9 Å². The predicted octanol–water partition coefficient (Wildman–Crippen LogP) is 2.69. The number of guanidine groups is 1. The van der Waals surface area contributed by atoms with E-state index in [9.17, 15) is 5.11 Å². The molecule has 5 nitrogen and oxygen atoms in total. The zero-order valence-electron chi connectivity index (χ0n) is 15.5. The summed E-state index contributed by atoms with van der Waals surface area (Å²) >= 11 is 0. The largest absolute Gasteiger partial charge is 0.386 e. The van der Waals surface area contributed by atoms with Gasteiger partial charge in [0.15, 0.2) is 5.96 Å². The van der Waals surface area contributed by atoms with Crippen molar-refractivity contribution >= 4 is 29.9 Å². The van der Waals surface area contributed by atoms with Crippen molar-refractivity contribution in [2.45, 2.75) is 39.2 Å². The van der Waals surface area contributed by atoms with E-state index >= 15 is 0 Å². The van der Waals surface area contributed by atoms with Crippen molar-refractivity contribution in [3.05, 3.63) is 35.4 Å². The number of benzene rings is 1. The van der Waals surface area contributed by atoms with Crippen LogP contribution in [-0.2, 0) is 0 Å². The standard InChI is InChI=1S/C19H32N4O.HI/c1-3-20-19(21-11-14-23-12-5-4-6-13-23)22-15-18(24)17-9-7-16(2)8-10-17;/h7-10,18,24H,3-6,11-15H2,1-2H3,(H2,20,21,22);1H. The molecule has 25 heavy (non-hydrogen) atoms. The number of aliphatic hydroxyl groups is 1. The van der Waals surface area contributed by atoms with Gasteiger partial charge < -0.3 is 20.6 Å². The van der Waals surface area contributed by atoms with E-state index in [-0.39, 0.29) is 24.0 Å². The maximum Gasteiger partial charge on any atom is 0.191 e. The van der Waals surface area contributed by atoms with Crippen LogP contribution in [-0.4, -0.2) is 55.2 Å². The molecule has 2 rings (SSSR count). The summed E-state index contributed by atoms with van der Waals surface area (Å²) in [6, 6.07) is 7.97. The van der Waals surface area contributed by atoms with Gasteiger partial charge in [0, 0.05) is 19.6 Å². The van der Waals surface area contributed by atoms with Crippen LogP contribution >= 0.6 is 24.0 Å². The van der Waals surface area contributed by atoms with Gasteiger partial charge in [-0.05, 0) is 45.3 Å². The molecular formula is C19H33IN4O. The highest BCUT2D eigenvalue weighted by Crippen LogP contribution is 2.13. The molecule has 0 bridgehead atoms. The number of aliphatic hydroxyl groups excluding tert-OH is 1. The Morgan fingerprint density at radius 2 is 1.84 bits per heavy atom. The van der Waals surface area contributed by atoms with E-state index in [4.69, 9.17) is 0 Å².